The Balaban J connectivity index is 2.29. The van der Waals surface area contributed by atoms with Crippen LogP contribution in [0.2, 0.25) is 0 Å². The number of fused-ring (bicyclic) bond motifs is 3. The topological polar surface area (TPSA) is 102 Å². The molecular formula is C15H11N3O3. The summed E-state index contributed by atoms with van der Waals surface area (Å²) >= 11 is 0. The van der Waals surface area contributed by atoms with Crippen LogP contribution in [0.15, 0.2) is 47.9 Å². The molecule has 3 rings (SSSR count). The zero-order valence-electron chi connectivity index (χ0n) is 10.9. The van der Waals surface area contributed by atoms with Crippen molar-refractivity contribution in [1.82, 2.24) is 0 Å². The second-order valence-corrected chi connectivity index (χ2v) is 4.76. The molecule has 6 heteroatoms. The van der Waals surface area contributed by atoms with Gasteiger partial charge in [0.15, 0.2) is 0 Å². The molecule has 21 heavy (non-hydrogen) atoms. The standard InChI is InChI=1S/C15H11N3O3/c16-7-11-12(8-18(19)20)14-10-4-2-1-3-9(10)5-6-13(14)21-15(11)17/h1-6,12H,8,17H2/t12-/m0/s1. The lowest BCUT2D eigenvalue weighted by molar-refractivity contribution is -0.482. The van der Waals surface area contributed by atoms with Gasteiger partial charge in [-0.15, -0.1) is 0 Å². The molecule has 0 radical (unpaired) electrons. The molecular weight excluding hydrogens is 270 g/mol. The van der Waals surface area contributed by atoms with Crippen LogP contribution in [0.1, 0.15) is 11.5 Å². The van der Waals surface area contributed by atoms with Gasteiger partial charge in [-0.3, -0.25) is 10.1 Å². The number of rotatable bonds is 2. The van der Waals surface area contributed by atoms with E-state index in [1.807, 2.05) is 36.4 Å². The van der Waals surface area contributed by atoms with E-state index in [0.29, 0.717) is 11.3 Å². The summed E-state index contributed by atoms with van der Waals surface area (Å²) in [4.78, 5) is 10.5. The van der Waals surface area contributed by atoms with E-state index >= 15 is 0 Å². The van der Waals surface area contributed by atoms with Crippen LogP contribution in [0.3, 0.4) is 0 Å². The Hall–Kier alpha value is -3.07. The van der Waals surface area contributed by atoms with Crippen LogP contribution in [-0.4, -0.2) is 11.5 Å². The minimum Gasteiger partial charge on any atom is -0.440 e. The molecule has 0 aromatic heterocycles. The molecule has 2 aromatic carbocycles. The molecule has 0 spiro atoms. The second kappa shape index (κ2) is 4.80. The third-order valence-corrected chi connectivity index (χ3v) is 3.57. The summed E-state index contributed by atoms with van der Waals surface area (Å²) in [5.41, 5.74) is 6.48. The molecule has 0 saturated heterocycles. The van der Waals surface area contributed by atoms with E-state index < -0.39 is 17.4 Å². The van der Waals surface area contributed by atoms with Crippen molar-refractivity contribution in [2.45, 2.75) is 5.92 Å². The van der Waals surface area contributed by atoms with Gasteiger partial charge in [-0.05, 0) is 16.8 Å². The van der Waals surface area contributed by atoms with Gasteiger partial charge in [0.2, 0.25) is 12.4 Å². The lowest BCUT2D eigenvalue weighted by atomic mass is 9.86. The summed E-state index contributed by atoms with van der Waals surface area (Å²) in [5.74, 6) is -0.288. The first-order valence-corrected chi connectivity index (χ1v) is 6.33. The lowest BCUT2D eigenvalue weighted by Crippen LogP contribution is -2.25. The third-order valence-electron chi connectivity index (χ3n) is 3.57. The van der Waals surface area contributed by atoms with Gasteiger partial charge in [0.25, 0.3) is 0 Å². The number of nitro groups is 1. The Bertz CT molecular complexity index is 821. The van der Waals surface area contributed by atoms with Gasteiger partial charge >= 0.3 is 0 Å². The van der Waals surface area contributed by atoms with Crippen molar-refractivity contribution >= 4 is 10.8 Å². The van der Waals surface area contributed by atoms with Crippen LogP contribution in [0.4, 0.5) is 0 Å². The lowest BCUT2D eigenvalue weighted by Gasteiger charge is -2.25. The summed E-state index contributed by atoms with van der Waals surface area (Å²) < 4.78 is 5.47. The fourth-order valence-corrected chi connectivity index (χ4v) is 2.68. The summed E-state index contributed by atoms with van der Waals surface area (Å²) in [6.07, 6.45) is 0. The maximum atomic E-state index is 11.0. The van der Waals surface area contributed by atoms with Crippen LogP contribution < -0.4 is 10.5 Å². The van der Waals surface area contributed by atoms with Crippen molar-refractivity contribution in [3.05, 3.63) is 63.5 Å². The van der Waals surface area contributed by atoms with Crippen LogP contribution in [0, 0.1) is 21.4 Å². The van der Waals surface area contributed by atoms with Crippen molar-refractivity contribution in [3.63, 3.8) is 0 Å². The van der Waals surface area contributed by atoms with E-state index in [4.69, 9.17) is 10.5 Å². The van der Waals surface area contributed by atoms with Gasteiger partial charge in [0.05, 0.1) is 5.92 Å². The molecule has 1 aliphatic heterocycles. The highest BCUT2D eigenvalue weighted by Crippen LogP contribution is 2.42. The molecule has 0 saturated carbocycles. The van der Waals surface area contributed by atoms with E-state index in [-0.39, 0.29) is 11.5 Å². The highest BCUT2D eigenvalue weighted by atomic mass is 16.6. The molecule has 104 valence electrons. The predicted molar refractivity (Wildman–Crippen MR) is 76.0 cm³/mol. The van der Waals surface area contributed by atoms with Crippen molar-refractivity contribution in [2.24, 2.45) is 5.73 Å². The monoisotopic (exact) mass is 281 g/mol. The number of nitrogens with two attached hydrogens (primary N) is 1. The first-order chi connectivity index (χ1) is 10.1. The van der Waals surface area contributed by atoms with E-state index in [9.17, 15) is 15.4 Å². The first-order valence-electron chi connectivity index (χ1n) is 6.33. The number of nitriles is 1. The molecule has 0 bridgehead atoms. The first kappa shape index (κ1) is 12.9. The van der Waals surface area contributed by atoms with Crippen LogP contribution in [-0.2, 0) is 0 Å². The average molecular weight is 281 g/mol. The smallest absolute Gasteiger partial charge is 0.215 e. The number of benzene rings is 2. The molecule has 0 fully saturated rings. The highest BCUT2D eigenvalue weighted by molar-refractivity contribution is 5.89. The number of ether oxygens (including phenoxy) is 1. The Morgan fingerprint density at radius 1 is 1.33 bits per heavy atom. The fourth-order valence-electron chi connectivity index (χ4n) is 2.68. The molecule has 6 nitrogen and oxygen atoms in total. The molecule has 0 aliphatic carbocycles. The summed E-state index contributed by atoms with van der Waals surface area (Å²) in [6.45, 7) is -0.395. The van der Waals surface area contributed by atoms with Gasteiger partial charge in [-0.1, -0.05) is 30.3 Å². The number of nitrogens with zero attached hydrogens (tertiary/aromatic N) is 2. The van der Waals surface area contributed by atoms with Crippen LogP contribution in [0.25, 0.3) is 10.8 Å². The fraction of sp³-hybridized carbons (Fsp3) is 0.133. The molecule has 1 atom stereocenters. The number of hydrogen-bond donors (Lipinski definition) is 1. The van der Waals surface area contributed by atoms with Gasteiger partial charge in [0, 0.05) is 10.5 Å². The average Bonchev–Trinajstić information content (AvgIpc) is 2.46. The predicted octanol–water partition coefficient (Wildman–Crippen LogP) is 2.29. The van der Waals surface area contributed by atoms with Crippen LogP contribution >= 0.6 is 0 Å². The molecule has 0 unspecified atom stereocenters. The maximum Gasteiger partial charge on any atom is 0.215 e. The second-order valence-electron chi connectivity index (χ2n) is 4.76. The quantitative estimate of drug-likeness (QED) is 0.672. The van der Waals surface area contributed by atoms with E-state index in [2.05, 4.69) is 0 Å². The molecule has 2 aromatic rings. The van der Waals surface area contributed by atoms with Gasteiger partial charge < -0.3 is 10.5 Å². The van der Waals surface area contributed by atoms with E-state index in [0.717, 1.165) is 10.8 Å². The Labute approximate surface area is 120 Å². The molecule has 1 heterocycles. The molecule has 0 amide bonds. The minimum atomic E-state index is -0.695. The highest BCUT2D eigenvalue weighted by Gasteiger charge is 2.34. The van der Waals surface area contributed by atoms with Gasteiger partial charge in [-0.2, -0.15) is 5.26 Å². The van der Waals surface area contributed by atoms with E-state index in [1.54, 1.807) is 6.07 Å². The normalized spacial score (nSPS) is 17.0. The summed E-state index contributed by atoms with van der Waals surface area (Å²) in [5, 5.41) is 22.0. The summed E-state index contributed by atoms with van der Waals surface area (Å²) in [7, 11) is 0. The SMILES string of the molecule is N#CC1=C(N)Oc2ccc3ccccc3c2[C@H]1C[N+](=O)[O-]. The van der Waals surface area contributed by atoms with Crippen molar-refractivity contribution < 1.29 is 9.66 Å². The molecule has 1 aliphatic rings. The van der Waals surface area contributed by atoms with E-state index in [1.165, 1.54) is 0 Å². The minimum absolute atomic E-state index is 0.0628. The van der Waals surface area contributed by atoms with Crippen molar-refractivity contribution in [3.8, 4) is 11.8 Å². The third kappa shape index (κ3) is 2.05. The summed E-state index contributed by atoms with van der Waals surface area (Å²) in [6, 6.07) is 13.0. The number of hydrogen-bond acceptors (Lipinski definition) is 5. The zero-order chi connectivity index (χ0) is 15.0. The van der Waals surface area contributed by atoms with Crippen molar-refractivity contribution in [2.75, 3.05) is 6.54 Å². The Morgan fingerprint density at radius 3 is 2.81 bits per heavy atom. The van der Waals surface area contributed by atoms with Crippen LogP contribution in [0.5, 0.6) is 5.75 Å². The Kier molecular flexibility index (Phi) is 2.95. The van der Waals surface area contributed by atoms with Crippen molar-refractivity contribution in [1.29, 1.82) is 5.26 Å². The van der Waals surface area contributed by atoms with Gasteiger partial charge in [0.1, 0.15) is 17.4 Å². The van der Waals surface area contributed by atoms with Gasteiger partial charge in [-0.25, -0.2) is 0 Å². The zero-order valence-corrected chi connectivity index (χ0v) is 10.9. The maximum absolute atomic E-state index is 11.0. The molecule has 2 N–H and O–H groups in total. The largest absolute Gasteiger partial charge is 0.440 e. The Morgan fingerprint density at radius 2 is 2.10 bits per heavy atom.